The second kappa shape index (κ2) is 6.97. The maximum Gasteiger partial charge on any atom is 0.315 e. The number of nitriles is 1. The molecule has 0 radical (unpaired) electrons. The Bertz CT molecular complexity index is 745. The van der Waals surface area contributed by atoms with Crippen molar-refractivity contribution in [3.05, 3.63) is 33.4 Å². The van der Waals surface area contributed by atoms with Gasteiger partial charge in [0, 0.05) is 32.2 Å². The highest BCUT2D eigenvalue weighted by molar-refractivity contribution is 6.01. The number of amides is 1. The molecule has 0 saturated carbocycles. The van der Waals surface area contributed by atoms with Crippen LogP contribution < -0.4 is 0 Å². The highest BCUT2D eigenvalue weighted by Crippen LogP contribution is 2.36. The summed E-state index contributed by atoms with van der Waals surface area (Å²) in [5.74, 6) is -2.03. The summed E-state index contributed by atoms with van der Waals surface area (Å²) in [4.78, 5) is 26.0. The molecule has 1 aromatic rings. The van der Waals surface area contributed by atoms with Crippen LogP contribution in [0.25, 0.3) is 6.08 Å². The minimum Gasteiger partial charge on any atom is -0.504 e. The predicted molar refractivity (Wildman–Crippen MR) is 84.1 cm³/mol. The molecule has 0 spiro atoms. The van der Waals surface area contributed by atoms with Gasteiger partial charge < -0.3 is 20.0 Å². The average molecular weight is 332 g/mol. The number of nitro benzene ring substituents is 1. The van der Waals surface area contributed by atoms with E-state index in [4.69, 9.17) is 0 Å². The van der Waals surface area contributed by atoms with Crippen LogP contribution >= 0.6 is 0 Å². The first kappa shape index (κ1) is 17.2. The summed E-state index contributed by atoms with van der Waals surface area (Å²) in [6, 6.07) is 3.83. The maximum absolute atomic E-state index is 12.4. The zero-order valence-electron chi connectivity index (χ0n) is 13.0. The number of phenolic OH excluding ortho intramolecular Hbond substituents is 2. The zero-order chi connectivity index (χ0) is 17.9. The smallest absolute Gasteiger partial charge is 0.315 e. The van der Waals surface area contributed by atoms with Crippen LogP contribution in [0.1, 0.15) is 5.56 Å². The van der Waals surface area contributed by atoms with E-state index in [9.17, 15) is 30.4 Å². The second-order valence-corrected chi connectivity index (χ2v) is 5.43. The van der Waals surface area contributed by atoms with E-state index in [0.717, 1.165) is 18.2 Å². The summed E-state index contributed by atoms with van der Waals surface area (Å²) in [6.45, 7) is 2.34. The number of piperazine rings is 1. The van der Waals surface area contributed by atoms with Gasteiger partial charge in [-0.05, 0) is 24.8 Å². The first-order valence-electron chi connectivity index (χ1n) is 7.13. The molecule has 1 heterocycles. The quantitative estimate of drug-likeness (QED) is 0.274. The Balaban J connectivity index is 2.32. The molecule has 1 amide bonds. The van der Waals surface area contributed by atoms with Gasteiger partial charge in [-0.2, -0.15) is 5.26 Å². The maximum atomic E-state index is 12.4. The fraction of sp³-hybridized carbons (Fsp3) is 0.333. The van der Waals surface area contributed by atoms with Crippen LogP contribution in [-0.4, -0.2) is 64.1 Å². The molecule has 1 aliphatic rings. The summed E-state index contributed by atoms with van der Waals surface area (Å²) in [5, 5.41) is 39.1. The van der Waals surface area contributed by atoms with Crippen molar-refractivity contribution in [1.29, 1.82) is 5.26 Å². The third-order valence-electron chi connectivity index (χ3n) is 3.74. The van der Waals surface area contributed by atoms with E-state index in [1.807, 2.05) is 7.05 Å². The number of likely N-dealkylation sites (N-methyl/N-ethyl adjacent to an activating group) is 1. The lowest BCUT2D eigenvalue weighted by atomic mass is 10.1. The highest BCUT2D eigenvalue weighted by Gasteiger charge is 2.23. The largest absolute Gasteiger partial charge is 0.504 e. The Hall–Kier alpha value is -3.12. The molecule has 1 aromatic carbocycles. The van der Waals surface area contributed by atoms with Crippen LogP contribution in [0, 0.1) is 21.4 Å². The summed E-state index contributed by atoms with van der Waals surface area (Å²) in [5.41, 5.74) is -0.819. The normalized spacial score (nSPS) is 15.8. The number of nitro groups is 1. The van der Waals surface area contributed by atoms with Gasteiger partial charge in [0.2, 0.25) is 5.75 Å². The third-order valence-corrected chi connectivity index (χ3v) is 3.74. The number of nitrogens with zero attached hydrogens (tertiary/aromatic N) is 4. The first-order chi connectivity index (χ1) is 11.3. The van der Waals surface area contributed by atoms with Gasteiger partial charge in [0.05, 0.1) is 4.92 Å². The summed E-state index contributed by atoms with van der Waals surface area (Å²) in [6.07, 6.45) is 1.16. The molecule has 9 heteroatoms. The van der Waals surface area contributed by atoms with Gasteiger partial charge in [0.15, 0.2) is 5.75 Å². The molecule has 1 fully saturated rings. The van der Waals surface area contributed by atoms with Gasteiger partial charge in [0.25, 0.3) is 5.91 Å². The van der Waals surface area contributed by atoms with Crippen molar-refractivity contribution in [3.8, 4) is 17.6 Å². The molecule has 0 atom stereocenters. The minimum atomic E-state index is -0.860. The monoisotopic (exact) mass is 332 g/mol. The van der Waals surface area contributed by atoms with Crippen LogP contribution in [-0.2, 0) is 4.79 Å². The number of rotatable bonds is 3. The van der Waals surface area contributed by atoms with Crippen molar-refractivity contribution in [3.63, 3.8) is 0 Å². The van der Waals surface area contributed by atoms with E-state index in [-0.39, 0.29) is 11.1 Å². The molecule has 0 aromatic heterocycles. The molecule has 0 unspecified atom stereocenters. The molecule has 2 N–H and O–H groups in total. The summed E-state index contributed by atoms with van der Waals surface area (Å²) >= 11 is 0. The van der Waals surface area contributed by atoms with E-state index < -0.39 is 28.0 Å². The van der Waals surface area contributed by atoms with Crippen LogP contribution in [0.15, 0.2) is 17.7 Å². The average Bonchev–Trinajstić information content (AvgIpc) is 2.55. The summed E-state index contributed by atoms with van der Waals surface area (Å²) in [7, 11) is 1.93. The Morgan fingerprint density at radius 1 is 1.33 bits per heavy atom. The van der Waals surface area contributed by atoms with Gasteiger partial charge >= 0.3 is 5.69 Å². The lowest BCUT2D eigenvalue weighted by molar-refractivity contribution is -0.386. The van der Waals surface area contributed by atoms with Crippen molar-refractivity contribution < 1.29 is 19.9 Å². The first-order valence-corrected chi connectivity index (χ1v) is 7.13. The molecule has 1 aliphatic heterocycles. The summed E-state index contributed by atoms with van der Waals surface area (Å²) < 4.78 is 0. The molecule has 9 nitrogen and oxygen atoms in total. The van der Waals surface area contributed by atoms with Crippen molar-refractivity contribution in [2.45, 2.75) is 0 Å². The number of benzene rings is 1. The van der Waals surface area contributed by atoms with E-state index in [1.165, 1.54) is 4.90 Å². The fourth-order valence-electron chi connectivity index (χ4n) is 2.34. The van der Waals surface area contributed by atoms with Crippen molar-refractivity contribution >= 4 is 17.7 Å². The topological polar surface area (TPSA) is 131 Å². The number of hydrogen-bond acceptors (Lipinski definition) is 7. The van der Waals surface area contributed by atoms with Gasteiger partial charge in [-0.1, -0.05) is 0 Å². The number of aromatic hydroxyl groups is 2. The number of carbonyl (C=O) groups is 1. The zero-order valence-corrected chi connectivity index (χ0v) is 13.0. The van der Waals surface area contributed by atoms with E-state index in [2.05, 4.69) is 4.90 Å². The molecule has 24 heavy (non-hydrogen) atoms. The number of carbonyl (C=O) groups excluding carboxylic acids is 1. The van der Waals surface area contributed by atoms with Crippen LogP contribution in [0.3, 0.4) is 0 Å². The van der Waals surface area contributed by atoms with Gasteiger partial charge in [0.1, 0.15) is 11.6 Å². The Kier molecular flexibility index (Phi) is 5.01. The van der Waals surface area contributed by atoms with Crippen LogP contribution in [0.4, 0.5) is 5.69 Å². The number of phenols is 2. The van der Waals surface area contributed by atoms with Gasteiger partial charge in [-0.3, -0.25) is 14.9 Å². The lowest BCUT2D eigenvalue weighted by Gasteiger charge is -2.32. The predicted octanol–water partition coefficient (Wildman–Crippen LogP) is 0.687. The molecule has 2 rings (SSSR count). The molecule has 0 bridgehead atoms. The Morgan fingerprint density at radius 2 is 1.96 bits per heavy atom. The molecule has 1 saturated heterocycles. The van der Waals surface area contributed by atoms with E-state index >= 15 is 0 Å². The van der Waals surface area contributed by atoms with E-state index in [1.54, 1.807) is 6.07 Å². The van der Waals surface area contributed by atoms with Crippen molar-refractivity contribution in [2.24, 2.45) is 0 Å². The Morgan fingerprint density at radius 3 is 2.50 bits per heavy atom. The van der Waals surface area contributed by atoms with Crippen molar-refractivity contribution in [2.75, 3.05) is 33.2 Å². The third kappa shape index (κ3) is 3.61. The molecule has 0 aliphatic carbocycles. The van der Waals surface area contributed by atoms with Crippen LogP contribution in [0.2, 0.25) is 0 Å². The Labute approximate surface area is 137 Å². The van der Waals surface area contributed by atoms with Crippen LogP contribution in [0.5, 0.6) is 11.5 Å². The molecular weight excluding hydrogens is 316 g/mol. The van der Waals surface area contributed by atoms with Gasteiger partial charge in [-0.25, -0.2) is 0 Å². The molecule has 126 valence electrons. The SMILES string of the molecule is CN1CCN(C(=O)C(C#N)=Cc2cc(O)c(O)c([N+](=O)[O-])c2)CC1. The molecular formula is C15H16N4O5. The van der Waals surface area contributed by atoms with Gasteiger partial charge in [-0.15, -0.1) is 0 Å². The van der Waals surface area contributed by atoms with Crippen molar-refractivity contribution in [1.82, 2.24) is 9.80 Å². The highest BCUT2D eigenvalue weighted by atomic mass is 16.6. The second-order valence-electron chi connectivity index (χ2n) is 5.43. The number of hydrogen-bond donors (Lipinski definition) is 2. The minimum absolute atomic E-state index is 0.0797. The lowest BCUT2D eigenvalue weighted by Crippen LogP contribution is -2.47. The fourth-order valence-corrected chi connectivity index (χ4v) is 2.34. The van der Waals surface area contributed by atoms with E-state index in [0.29, 0.717) is 26.2 Å². The standard InChI is InChI=1S/C15H16N4O5/c1-17-2-4-18(5-3-17)15(22)11(9-16)6-10-7-12(19(23)24)14(21)13(20)8-10/h6-8,20-21H,2-5H2,1H3.